The molecule has 17 heavy (non-hydrogen) atoms. The number of hydrogen-bond donors (Lipinski definition) is 1. The van der Waals surface area contributed by atoms with E-state index in [4.69, 9.17) is 23.2 Å². The van der Waals surface area contributed by atoms with Gasteiger partial charge in [0.25, 0.3) is 5.91 Å². The molecule has 0 spiro atoms. The molecule has 0 saturated heterocycles. The van der Waals surface area contributed by atoms with E-state index in [9.17, 15) is 4.79 Å². The maximum absolute atomic E-state index is 11.8. The molecule has 0 unspecified atom stereocenters. The van der Waals surface area contributed by atoms with Crippen LogP contribution in [0.3, 0.4) is 0 Å². The van der Waals surface area contributed by atoms with Gasteiger partial charge in [0, 0.05) is 11.4 Å². The first-order valence-corrected chi connectivity index (χ1v) is 7.01. The van der Waals surface area contributed by atoms with Crippen molar-refractivity contribution in [3.8, 4) is 0 Å². The van der Waals surface area contributed by atoms with Gasteiger partial charge >= 0.3 is 0 Å². The van der Waals surface area contributed by atoms with Gasteiger partial charge in [-0.15, -0.1) is 11.3 Å². The third-order valence-corrected chi connectivity index (χ3v) is 3.89. The van der Waals surface area contributed by atoms with Gasteiger partial charge in [-0.05, 0) is 40.3 Å². The molecule has 2 aromatic rings. The summed E-state index contributed by atoms with van der Waals surface area (Å²) in [4.78, 5) is 19.3. The molecule has 2 heterocycles. The van der Waals surface area contributed by atoms with Crippen molar-refractivity contribution in [1.82, 2.24) is 9.97 Å². The zero-order valence-corrected chi connectivity index (χ0v) is 12.6. The molecule has 2 aromatic heterocycles. The molecule has 0 saturated carbocycles. The SMILES string of the molecule is O=C(Nc1cc(Cl)nc(Cl)n1)c1csc(I)c1. The van der Waals surface area contributed by atoms with Crippen LogP contribution in [0, 0.1) is 2.88 Å². The summed E-state index contributed by atoms with van der Waals surface area (Å²) in [6, 6.07) is 3.22. The van der Waals surface area contributed by atoms with Crippen molar-refractivity contribution in [1.29, 1.82) is 0 Å². The quantitative estimate of drug-likeness (QED) is 0.476. The third-order valence-electron chi connectivity index (χ3n) is 1.74. The monoisotopic (exact) mass is 399 g/mol. The van der Waals surface area contributed by atoms with Crippen LogP contribution in [0.15, 0.2) is 17.5 Å². The predicted octanol–water partition coefficient (Wildman–Crippen LogP) is 3.70. The van der Waals surface area contributed by atoms with Crippen molar-refractivity contribution >= 4 is 68.9 Å². The van der Waals surface area contributed by atoms with E-state index in [1.54, 1.807) is 11.4 Å². The zero-order chi connectivity index (χ0) is 12.4. The van der Waals surface area contributed by atoms with Crippen molar-refractivity contribution in [3.63, 3.8) is 0 Å². The minimum Gasteiger partial charge on any atom is -0.306 e. The predicted molar refractivity (Wildman–Crippen MR) is 77.0 cm³/mol. The van der Waals surface area contributed by atoms with Crippen LogP contribution in [0.2, 0.25) is 10.4 Å². The lowest BCUT2D eigenvalue weighted by atomic mass is 10.3. The average molecular weight is 400 g/mol. The van der Waals surface area contributed by atoms with E-state index in [0.29, 0.717) is 5.56 Å². The standard InChI is InChI=1S/C9H4Cl2IN3OS/c10-5-2-7(15-9(11)13-5)14-8(16)4-1-6(12)17-3-4/h1-3H,(H,13,14,15,16). The molecule has 0 aliphatic rings. The molecule has 1 N–H and O–H groups in total. The number of thiophene rings is 1. The van der Waals surface area contributed by atoms with Crippen molar-refractivity contribution in [2.75, 3.05) is 5.32 Å². The molecule has 8 heteroatoms. The molecule has 0 fully saturated rings. The first-order valence-electron chi connectivity index (χ1n) is 4.30. The highest BCUT2D eigenvalue weighted by atomic mass is 127. The number of nitrogens with zero attached hydrogens (tertiary/aromatic N) is 2. The Morgan fingerprint density at radius 1 is 1.35 bits per heavy atom. The zero-order valence-electron chi connectivity index (χ0n) is 8.08. The van der Waals surface area contributed by atoms with Crippen LogP contribution in [0.5, 0.6) is 0 Å². The Morgan fingerprint density at radius 2 is 2.12 bits per heavy atom. The lowest BCUT2D eigenvalue weighted by Gasteiger charge is -2.03. The number of amides is 1. The summed E-state index contributed by atoms with van der Waals surface area (Å²) in [5.74, 6) is 0.0243. The van der Waals surface area contributed by atoms with Crippen LogP contribution < -0.4 is 5.32 Å². The molecule has 0 bridgehead atoms. The number of nitrogens with one attached hydrogen (secondary N) is 1. The van der Waals surface area contributed by atoms with Gasteiger partial charge in [-0.1, -0.05) is 11.6 Å². The second-order valence-corrected chi connectivity index (χ2v) is 6.47. The molecular formula is C9H4Cl2IN3OS. The first kappa shape index (κ1) is 13.0. The van der Waals surface area contributed by atoms with Gasteiger partial charge in [0.15, 0.2) is 0 Å². The van der Waals surface area contributed by atoms with Crippen LogP contribution >= 0.6 is 57.1 Å². The maximum atomic E-state index is 11.8. The van der Waals surface area contributed by atoms with Crippen molar-refractivity contribution < 1.29 is 4.79 Å². The Hall–Kier alpha value is -0.440. The summed E-state index contributed by atoms with van der Waals surface area (Å²) < 4.78 is 1.03. The molecular weight excluding hydrogens is 396 g/mol. The Balaban J connectivity index is 2.18. The van der Waals surface area contributed by atoms with E-state index in [0.717, 1.165) is 2.88 Å². The minimum absolute atomic E-state index is 0.00676. The second-order valence-electron chi connectivity index (χ2n) is 2.94. The van der Waals surface area contributed by atoms with E-state index in [-0.39, 0.29) is 22.2 Å². The third kappa shape index (κ3) is 3.51. The van der Waals surface area contributed by atoms with Gasteiger partial charge in [0.2, 0.25) is 5.28 Å². The molecule has 0 aliphatic heterocycles. The molecule has 0 aromatic carbocycles. The molecule has 1 amide bonds. The van der Waals surface area contributed by atoms with Gasteiger partial charge < -0.3 is 5.32 Å². The summed E-state index contributed by atoms with van der Waals surface area (Å²) in [5, 5.41) is 4.54. The summed E-state index contributed by atoms with van der Waals surface area (Å²) in [7, 11) is 0. The smallest absolute Gasteiger partial charge is 0.257 e. The first-order chi connectivity index (χ1) is 8.04. The Morgan fingerprint density at radius 3 is 2.71 bits per heavy atom. The molecule has 4 nitrogen and oxygen atoms in total. The molecule has 0 radical (unpaired) electrons. The second kappa shape index (κ2) is 5.47. The van der Waals surface area contributed by atoms with Gasteiger partial charge in [-0.25, -0.2) is 9.97 Å². The Bertz CT molecular complexity index is 555. The highest BCUT2D eigenvalue weighted by Gasteiger charge is 2.10. The largest absolute Gasteiger partial charge is 0.306 e. The number of carbonyl (C=O) groups is 1. The molecule has 2 rings (SSSR count). The van der Waals surface area contributed by atoms with Crippen molar-refractivity contribution in [2.24, 2.45) is 0 Å². The number of carbonyl (C=O) groups excluding carboxylic acids is 1. The van der Waals surface area contributed by atoms with E-state index in [1.165, 1.54) is 17.4 Å². The van der Waals surface area contributed by atoms with Crippen molar-refractivity contribution in [3.05, 3.63) is 36.4 Å². The average Bonchev–Trinajstić information content (AvgIpc) is 2.63. The maximum Gasteiger partial charge on any atom is 0.257 e. The van der Waals surface area contributed by atoms with Gasteiger partial charge in [0.1, 0.15) is 11.0 Å². The Labute approximate surface area is 125 Å². The number of rotatable bonds is 2. The summed E-state index contributed by atoms with van der Waals surface area (Å²) in [6.45, 7) is 0. The summed E-state index contributed by atoms with van der Waals surface area (Å²) >= 11 is 15.0. The fraction of sp³-hybridized carbons (Fsp3) is 0. The topological polar surface area (TPSA) is 54.9 Å². The number of halogens is 3. The number of hydrogen-bond acceptors (Lipinski definition) is 4. The fourth-order valence-corrected chi connectivity index (χ4v) is 2.81. The Kier molecular flexibility index (Phi) is 4.18. The molecule has 0 atom stereocenters. The van der Waals surface area contributed by atoms with Crippen LogP contribution in [-0.4, -0.2) is 15.9 Å². The van der Waals surface area contributed by atoms with Gasteiger partial charge in [-0.2, -0.15) is 0 Å². The molecule has 88 valence electrons. The summed E-state index contributed by atoms with van der Waals surface area (Å²) in [6.07, 6.45) is 0. The van der Waals surface area contributed by atoms with Crippen LogP contribution in [0.25, 0.3) is 0 Å². The molecule has 0 aliphatic carbocycles. The lowest BCUT2D eigenvalue weighted by molar-refractivity contribution is 0.102. The van der Waals surface area contributed by atoms with E-state index >= 15 is 0 Å². The van der Waals surface area contributed by atoms with Gasteiger partial charge in [0.05, 0.1) is 8.45 Å². The number of anilines is 1. The normalized spacial score (nSPS) is 10.3. The van der Waals surface area contributed by atoms with Crippen LogP contribution in [-0.2, 0) is 0 Å². The summed E-state index contributed by atoms with van der Waals surface area (Å²) in [5.41, 5.74) is 0.574. The van der Waals surface area contributed by atoms with Crippen LogP contribution in [0.4, 0.5) is 5.82 Å². The van der Waals surface area contributed by atoms with E-state index in [2.05, 4.69) is 37.9 Å². The fourth-order valence-electron chi connectivity index (χ4n) is 1.07. The van der Waals surface area contributed by atoms with Gasteiger partial charge in [-0.3, -0.25) is 4.79 Å². The van der Waals surface area contributed by atoms with E-state index < -0.39 is 0 Å². The minimum atomic E-state index is -0.255. The highest BCUT2D eigenvalue weighted by molar-refractivity contribution is 14.1. The van der Waals surface area contributed by atoms with E-state index in [1.807, 2.05) is 0 Å². The van der Waals surface area contributed by atoms with Crippen LogP contribution in [0.1, 0.15) is 10.4 Å². The highest BCUT2D eigenvalue weighted by Crippen LogP contribution is 2.19. The number of aromatic nitrogens is 2. The lowest BCUT2D eigenvalue weighted by Crippen LogP contribution is -2.12. The van der Waals surface area contributed by atoms with Crippen molar-refractivity contribution in [2.45, 2.75) is 0 Å².